The number of anilines is 2. The number of nitrogens with one attached hydrogen (secondary N) is 3. The second-order valence-corrected chi connectivity index (χ2v) is 9.62. The van der Waals surface area contributed by atoms with Crippen LogP contribution in [0.15, 0.2) is 48.5 Å². The smallest absolute Gasteiger partial charge is 0.245 e. The van der Waals surface area contributed by atoms with Gasteiger partial charge in [0, 0.05) is 68.2 Å². The molecule has 0 atom stereocenters. The Bertz CT molecular complexity index is 1450. The molecule has 0 spiro atoms. The number of hydrazine groups is 1. The zero-order chi connectivity index (χ0) is 26.5. The first kappa shape index (κ1) is 25.7. The molecule has 11 nitrogen and oxygen atoms in total. The molecule has 1 saturated heterocycles. The van der Waals surface area contributed by atoms with E-state index in [9.17, 15) is 9.59 Å². The van der Waals surface area contributed by atoms with Crippen LogP contribution in [0.2, 0.25) is 5.02 Å². The van der Waals surface area contributed by atoms with E-state index in [0.29, 0.717) is 24.0 Å². The van der Waals surface area contributed by atoms with E-state index in [1.54, 1.807) is 11.4 Å². The SMILES string of the molecule is Cc1nc2c3ccccc3nc(NNC(=O)CCC(=O)NCCN3CCN(c4cccc(Cl)c4)CC3)n2n1. The highest BCUT2D eigenvalue weighted by Crippen LogP contribution is 2.21. The molecule has 12 heteroatoms. The van der Waals surface area contributed by atoms with Gasteiger partial charge in [-0.05, 0) is 37.3 Å². The largest absolute Gasteiger partial charge is 0.369 e. The number of nitrogens with zero attached hydrogens (tertiary/aromatic N) is 6. The second kappa shape index (κ2) is 11.6. The number of fused-ring (bicyclic) bond motifs is 3. The zero-order valence-corrected chi connectivity index (χ0v) is 21.9. The molecule has 1 aliphatic heterocycles. The Hall–Kier alpha value is -3.96. The fraction of sp³-hybridized carbons (Fsp3) is 0.346. The van der Waals surface area contributed by atoms with Gasteiger partial charge in [-0.2, -0.15) is 4.52 Å². The molecule has 0 radical (unpaired) electrons. The number of piperazine rings is 1. The van der Waals surface area contributed by atoms with Gasteiger partial charge in [-0.3, -0.25) is 25.3 Å². The standard InChI is InChI=1S/C26H30ClN9O2/c1-18-29-25-21-7-2-3-8-22(21)30-26(36(25)33-18)32-31-24(38)10-9-23(37)28-11-12-34-13-15-35(16-14-34)20-6-4-5-19(27)17-20/h2-8,17H,9-16H2,1H3,(H,28,37)(H,30,32)(H,31,38). The Morgan fingerprint density at radius 3 is 2.58 bits per heavy atom. The fourth-order valence-corrected chi connectivity index (χ4v) is 4.68. The maximum Gasteiger partial charge on any atom is 0.245 e. The van der Waals surface area contributed by atoms with Crippen LogP contribution in [0.25, 0.3) is 16.6 Å². The summed E-state index contributed by atoms with van der Waals surface area (Å²) in [6.07, 6.45) is 0.142. The number of hydrogen-bond donors (Lipinski definition) is 3. The lowest BCUT2D eigenvalue weighted by atomic mass is 10.2. The molecule has 2 amide bonds. The molecule has 0 saturated carbocycles. The number of aromatic nitrogens is 4. The predicted octanol–water partition coefficient (Wildman–Crippen LogP) is 2.40. The van der Waals surface area contributed by atoms with E-state index in [0.717, 1.165) is 54.3 Å². The Morgan fingerprint density at radius 1 is 0.974 bits per heavy atom. The number of halogens is 1. The molecule has 0 bridgehead atoms. The number of carbonyl (C=O) groups is 2. The maximum atomic E-state index is 12.4. The van der Waals surface area contributed by atoms with Crippen molar-refractivity contribution in [1.29, 1.82) is 0 Å². The number of aryl methyl sites for hydroxylation is 1. The lowest BCUT2D eigenvalue weighted by Crippen LogP contribution is -2.48. The van der Waals surface area contributed by atoms with Gasteiger partial charge in [0.1, 0.15) is 5.82 Å². The Kier molecular flexibility index (Phi) is 7.85. The van der Waals surface area contributed by atoms with Crippen molar-refractivity contribution in [2.24, 2.45) is 0 Å². The monoisotopic (exact) mass is 535 g/mol. The first-order valence-corrected chi connectivity index (χ1v) is 13.0. The van der Waals surface area contributed by atoms with Crippen molar-refractivity contribution in [2.75, 3.05) is 49.6 Å². The van der Waals surface area contributed by atoms with Crippen LogP contribution >= 0.6 is 11.6 Å². The van der Waals surface area contributed by atoms with Gasteiger partial charge in [0.15, 0.2) is 5.65 Å². The fourth-order valence-electron chi connectivity index (χ4n) is 4.50. The molecular formula is C26H30ClN9O2. The van der Waals surface area contributed by atoms with Gasteiger partial charge in [-0.15, -0.1) is 5.10 Å². The Morgan fingerprint density at radius 2 is 1.76 bits per heavy atom. The van der Waals surface area contributed by atoms with Crippen molar-refractivity contribution in [3.05, 3.63) is 59.4 Å². The molecule has 3 N–H and O–H groups in total. The van der Waals surface area contributed by atoms with Crippen molar-refractivity contribution in [3.63, 3.8) is 0 Å². The van der Waals surface area contributed by atoms with E-state index >= 15 is 0 Å². The quantitative estimate of drug-likeness (QED) is 0.279. The summed E-state index contributed by atoms with van der Waals surface area (Å²) in [7, 11) is 0. The first-order chi connectivity index (χ1) is 18.5. The molecule has 1 aliphatic rings. The average molecular weight is 536 g/mol. The Balaban J connectivity index is 1.02. The Labute approximate surface area is 225 Å². The van der Waals surface area contributed by atoms with Gasteiger partial charge in [0.2, 0.25) is 17.8 Å². The summed E-state index contributed by atoms with van der Waals surface area (Å²) < 4.78 is 1.56. The van der Waals surface area contributed by atoms with Crippen LogP contribution in [0.5, 0.6) is 0 Å². The summed E-state index contributed by atoms with van der Waals surface area (Å²) in [6.45, 7) is 6.76. The molecule has 38 heavy (non-hydrogen) atoms. The normalized spacial score (nSPS) is 14.1. The summed E-state index contributed by atoms with van der Waals surface area (Å²) in [5, 5.41) is 8.88. The third-order valence-corrected chi connectivity index (χ3v) is 6.71. The molecule has 1 fully saturated rings. The molecule has 0 unspecified atom stereocenters. The number of rotatable bonds is 9. The van der Waals surface area contributed by atoms with Crippen LogP contribution in [0.3, 0.4) is 0 Å². The minimum absolute atomic E-state index is 0.0459. The summed E-state index contributed by atoms with van der Waals surface area (Å²) in [5.41, 5.74) is 7.94. The third-order valence-electron chi connectivity index (χ3n) is 6.47. The van der Waals surface area contributed by atoms with E-state index in [1.807, 2.05) is 42.5 Å². The van der Waals surface area contributed by atoms with Gasteiger partial charge in [-0.1, -0.05) is 29.8 Å². The lowest BCUT2D eigenvalue weighted by Gasteiger charge is -2.36. The van der Waals surface area contributed by atoms with E-state index in [1.165, 1.54) is 0 Å². The highest BCUT2D eigenvalue weighted by Gasteiger charge is 2.18. The molecular weight excluding hydrogens is 506 g/mol. The third kappa shape index (κ3) is 6.12. The van der Waals surface area contributed by atoms with Crippen LogP contribution in [-0.4, -0.2) is 75.6 Å². The van der Waals surface area contributed by atoms with Gasteiger partial charge >= 0.3 is 0 Å². The minimum Gasteiger partial charge on any atom is -0.369 e. The van der Waals surface area contributed by atoms with Gasteiger partial charge < -0.3 is 10.2 Å². The van der Waals surface area contributed by atoms with Crippen LogP contribution in [0.1, 0.15) is 18.7 Å². The van der Waals surface area contributed by atoms with Crippen molar-refractivity contribution in [1.82, 2.24) is 35.2 Å². The number of para-hydroxylation sites is 1. The summed E-state index contributed by atoms with van der Waals surface area (Å²) in [4.78, 5) is 38.3. The molecule has 198 valence electrons. The van der Waals surface area contributed by atoms with Crippen LogP contribution in [0.4, 0.5) is 11.6 Å². The number of benzene rings is 2. The average Bonchev–Trinajstić information content (AvgIpc) is 3.33. The van der Waals surface area contributed by atoms with Gasteiger partial charge in [0.25, 0.3) is 0 Å². The second-order valence-electron chi connectivity index (χ2n) is 9.18. The molecule has 0 aliphatic carbocycles. The van der Waals surface area contributed by atoms with E-state index in [-0.39, 0.29) is 24.7 Å². The summed E-state index contributed by atoms with van der Waals surface area (Å²) in [6, 6.07) is 15.5. The number of carbonyl (C=O) groups excluding carboxylic acids is 2. The molecule has 5 rings (SSSR count). The molecule has 4 aromatic rings. The summed E-state index contributed by atoms with van der Waals surface area (Å²) >= 11 is 6.11. The highest BCUT2D eigenvalue weighted by molar-refractivity contribution is 6.30. The summed E-state index contributed by atoms with van der Waals surface area (Å²) in [5.74, 6) is 0.456. The van der Waals surface area contributed by atoms with E-state index in [2.05, 4.69) is 47.1 Å². The van der Waals surface area contributed by atoms with Crippen LogP contribution < -0.4 is 21.1 Å². The molecule has 2 aromatic carbocycles. The zero-order valence-electron chi connectivity index (χ0n) is 21.2. The van der Waals surface area contributed by atoms with Gasteiger partial charge in [0.05, 0.1) is 5.52 Å². The first-order valence-electron chi connectivity index (χ1n) is 12.6. The van der Waals surface area contributed by atoms with Gasteiger partial charge in [-0.25, -0.2) is 9.97 Å². The lowest BCUT2D eigenvalue weighted by molar-refractivity contribution is -0.126. The molecule has 3 heterocycles. The number of amides is 2. The predicted molar refractivity (Wildman–Crippen MR) is 147 cm³/mol. The van der Waals surface area contributed by atoms with Crippen molar-refractivity contribution < 1.29 is 9.59 Å². The van der Waals surface area contributed by atoms with Crippen LogP contribution in [-0.2, 0) is 9.59 Å². The van der Waals surface area contributed by atoms with Crippen LogP contribution in [0, 0.1) is 6.92 Å². The maximum absolute atomic E-state index is 12.4. The van der Waals surface area contributed by atoms with Crippen molar-refractivity contribution in [2.45, 2.75) is 19.8 Å². The number of hydrogen-bond acceptors (Lipinski definition) is 8. The molecule has 2 aromatic heterocycles. The minimum atomic E-state index is -0.322. The van der Waals surface area contributed by atoms with E-state index in [4.69, 9.17) is 11.6 Å². The highest BCUT2D eigenvalue weighted by atomic mass is 35.5. The van der Waals surface area contributed by atoms with Crippen molar-refractivity contribution in [3.8, 4) is 0 Å². The van der Waals surface area contributed by atoms with Crippen molar-refractivity contribution >= 4 is 51.6 Å². The topological polar surface area (TPSA) is 120 Å². The van der Waals surface area contributed by atoms with E-state index < -0.39 is 0 Å².